The normalized spacial score (nSPS) is 10.9. The van der Waals surface area contributed by atoms with Gasteiger partial charge in [0.1, 0.15) is 5.71 Å². The molecule has 0 unspecified atom stereocenters. The lowest BCUT2D eigenvalue weighted by Crippen LogP contribution is -2.04. The number of nitrogens with zero attached hydrogens (tertiary/aromatic N) is 1. The van der Waals surface area contributed by atoms with Crippen molar-refractivity contribution in [3.8, 4) is 17.2 Å². The zero-order valence-corrected chi connectivity index (χ0v) is 9.76. The number of oxime groups is 1. The second-order valence-corrected chi connectivity index (χ2v) is 3.02. The Kier molecular flexibility index (Phi) is 4.33. The SMILES string of the molecule is COc1cc(C(C=O)=NO)cc(OC)c1OC. The summed E-state index contributed by atoms with van der Waals surface area (Å²) < 4.78 is 15.3. The van der Waals surface area contributed by atoms with E-state index in [9.17, 15) is 4.79 Å². The molecule has 1 aromatic rings. The maximum Gasteiger partial charge on any atom is 0.203 e. The predicted octanol–water partition coefficient (Wildman–Crippen LogP) is 1.09. The van der Waals surface area contributed by atoms with Gasteiger partial charge in [-0.3, -0.25) is 4.79 Å². The maximum atomic E-state index is 10.7. The van der Waals surface area contributed by atoms with E-state index in [-0.39, 0.29) is 5.71 Å². The van der Waals surface area contributed by atoms with Crippen LogP contribution in [-0.2, 0) is 4.79 Å². The van der Waals surface area contributed by atoms with E-state index < -0.39 is 0 Å². The number of methoxy groups -OCH3 is 3. The van der Waals surface area contributed by atoms with Crippen molar-refractivity contribution >= 4 is 12.0 Å². The van der Waals surface area contributed by atoms with Crippen molar-refractivity contribution in [2.24, 2.45) is 5.16 Å². The molecule has 0 spiro atoms. The Bertz CT molecular complexity index is 416. The van der Waals surface area contributed by atoms with Gasteiger partial charge in [0.25, 0.3) is 0 Å². The number of aldehydes is 1. The van der Waals surface area contributed by atoms with Gasteiger partial charge in [-0.25, -0.2) is 0 Å². The Morgan fingerprint density at radius 2 is 1.71 bits per heavy atom. The summed E-state index contributed by atoms with van der Waals surface area (Å²) in [5, 5.41) is 11.6. The second kappa shape index (κ2) is 5.74. The van der Waals surface area contributed by atoms with Crippen LogP contribution in [0.4, 0.5) is 0 Å². The number of rotatable bonds is 5. The first-order valence-corrected chi connectivity index (χ1v) is 4.69. The Morgan fingerprint density at radius 1 is 1.18 bits per heavy atom. The maximum absolute atomic E-state index is 10.7. The van der Waals surface area contributed by atoms with Crippen LogP contribution < -0.4 is 14.2 Å². The minimum absolute atomic E-state index is 0.121. The highest BCUT2D eigenvalue weighted by Crippen LogP contribution is 2.38. The van der Waals surface area contributed by atoms with Crippen LogP contribution in [-0.4, -0.2) is 38.5 Å². The molecule has 0 aromatic heterocycles. The van der Waals surface area contributed by atoms with Crippen molar-refractivity contribution in [2.45, 2.75) is 0 Å². The van der Waals surface area contributed by atoms with Gasteiger partial charge in [0.2, 0.25) is 5.75 Å². The number of carbonyl (C=O) groups is 1. The van der Waals surface area contributed by atoms with Crippen LogP contribution in [0.5, 0.6) is 17.2 Å². The lowest BCUT2D eigenvalue weighted by molar-refractivity contribution is -0.102. The zero-order valence-electron chi connectivity index (χ0n) is 9.76. The molecule has 0 heterocycles. The Balaban J connectivity index is 3.41. The van der Waals surface area contributed by atoms with Crippen LogP contribution in [0.15, 0.2) is 17.3 Å². The Hall–Kier alpha value is -2.24. The van der Waals surface area contributed by atoms with Crippen LogP contribution in [0.1, 0.15) is 5.56 Å². The summed E-state index contributed by atoms with van der Waals surface area (Å²) in [4.78, 5) is 10.7. The van der Waals surface area contributed by atoms with E-state index in [0.29, 0.717) is 29.1 Å². The van der Waals surface area contributed by atoms with Crippen LogP contribution in [0.3, 0.4) is 0 Å². The molecule has 0 radical (unpaired) electrons. The summed E-state index contributed by atoms with van der Waals surface area (Å²) >= 11 is 0. The lowest BCUT2D eigenvalue weighted by atomic mass is 10.1. The van der Waals surface area contributed by atoms with Crippen LogP contribution >= 0.6 is 0 Å². The molecule has 1 aromatic carbocycles. The summed E-state index contributed by atoms with van der Waals surface area (Å²) in [6, 6.07) is 3.04. The third-order valence-corrected chi connectivity index (χ3v) is 2.18. The number of hydrogen-bond donors (Lipinski definition) is 1. The monoisotopic (exact) mass is 239 g/mol. The lowest BCUT2D eigenvalue weighted by Gasteiger charge is -2.13. The van der Waals surface area contributed by atoms with Crippen LogP contribution in [0.2, 0.25) is 0 Å². The van der Waals surface area contributed by atoms with E-state index >= 15 is 0 Å². The third kappa shape index (κ3) is 2.47. The first-order valence-electron chi connectivity index (χ1n) is 4.69. The molecular formula is C11H13NO5. The van der Waals surface area contributed by atoms with Crippen molar-refractivity contribution in [3.63, 3.8) is 0 Å². The second-order valence-electron chi connectivity index (χ2n) is 3.02. The van der Waals surface area contributed by atoms with Crippen molar-refractivity contribution in [1.82, 2.24) is 0 Å². The molecule has 0 amide bonds. The summed E-state index contributed by atoms with van der Waals surface area (Å²) in [6.45, 7) is 0. The van der Waals surface area contributed by atoms with E-state index in [2.05, 4.69) is 5.16 Å². The fourth-order valence-corrected chi connectivity index (χ4v) is 1.38. The molecule has 6 heteroatoms. The molecule has 0 saturated carbocycles. The first-order chi connectivity index (χ1) is 8.21. The largest absolute Gasteiger partial charge is 0.493 e. The minimum Gasteiger partial charge on any atom is -0.493 e. The zero-order chi connectivity index (χ0) is 12.8. The number of hydrogen-bond acceptors (Lipinski definition) is 6. The van der Waals surface area contributed by atoms with Gasteiger partial charge in [-0.2, -0.15) is 0 Å². The van der Waals surface area contributed by atoms with E-state index in [4.69, 9.17) is 19.4 Å². The van der Waals surface area contributed by atoms with Gasteiger partial charge >= 0.3 is 0 Å². The van der Waals surface area contributed by atoms with Crippen molar-refractivity contribution in [2.75, 3.05) is 21.3 Å². The fourth-order valence-electron chi connectivity index (χ4n) is 1.38. The summed E-state index contributed by atoms with van der Waals surface area (Å²) in [5.74, 6) is 1.16. The van der Waals surface area contributed by atoms with Crippen LogP contribution in [0.25, 0.3) is 0 Å². The molecule has 0 aliphatic heterocycles. The van der Waals surface area contributed by atoms with E-state index in [1.54, 1.807) is 0 Å². The van der Waals surface area contributed by atoms with E-state index in [0.717, 1.165) is 0 Å². The highest BCUT2D eigenvalue weighted by atomic mass is 16.5. The van der Waals surface area contributed by atoms with Gasteiger partial charge in [0.05, 0.1) is 21.3 Å². The average molecular weight is 239 g/mol. The van der Waals surface area contributed by atoms with Gasteiger partial charge in [0.15, 0.2) is 17.8 Å². The molecular weight excluding hydrogens is 226 g/mol. The molecule has 0 fully saturated rings. The molecule has 0 bridgehead atoms. The molecule has 0 saturated heterocycles. The highest BCUT2D eigenvalue weighted by Gasteiger charge is 2.15. The fraction of sp³-hybridized carbons (Fsp3) is 0.273. The number of benzene rings is 1. The molecule has 1 rings (SSSR count). The summed E-state index contributed by atoms with van der Waals surface area (Å²) in [6.07, 6.45) is 0.431. The minimum atomic E-state index is -0.121. The quantitative estimate of drug-likeness (QED) is 0.360. The molecule has 0 atom stereocenters. The Labute approximate surface area is 98.4 Å². The van der Waals surface area contributed by atoms with Crippen molar-refractivity contribution in [3.05, 3.63) is 17.7 Å². The molecule has 6 nitrogen and oxygen atoms in total. The average Bonchev–Trinajstić information content (AvgIpc) is 2.38. The number of carbonyl (C=O) groups excluding carboxylic acids is 1. The molecule has 0 aliphatic rings. The first kappa shape index (κ1) is 12.8. The smallest absolute Gasteiger partial charge is 0.203 e. The predicted molar refractivity (Wildman–Crippen MR) is 60.5 cm³/mol. The standard InChI is InChI=1S/C11H13NO5/c1-15-9-4-7(8(6-13)12-14)5-10(16-2)11(9)17-3/h4-6,14H,1-3H3. The molecule has 0 aliphatic carbocycles. The summed E-state index contributed by atoms with van der Waals surface area (Å²) in [7, 11) is 4.39. The summed E-state index contributed by atoms with van der Waals surface area (Å²) in [5.41, 5.74) is 0.251. The van der Waals surface area contributed by atoms with Gasteiger partial charge in [0, 0.05) is 5.56 Å². The van der Waals surface area contributed by atoms with Crippen LogP contribution in [0, 0.1) is 0 Å². The van der Waals surface area contributed by atoms with Gasteiger partial charge in [-0.1, -0.05) is 5.16 Å². The molecule has 1 N–H and O–H groups in total. The highest BCUT2D eigenvalue weighted by molar-refractivity contribution is 6.36. The molecule has 17 heavy (non-hydrogen) atoms. The number of ether oxygens (including phenoxy) is 3. The van der Waals surface area contributed by atoms with Crippen molar-refractivity contribution in [1.29, 1.82) is 0 Å². The molecule has 92 valence electrons. The van der Waals surface area contributed by atoms with Gasteiger partial charge in [-0.15, -0.1) is 0 Å². The third-order valence-electron chi connectivity index (χ3n) is 2.18. The van der Waals surface area contributed by atoms with E-state index in [1.807, 2.05) is 0 Å². The van der Waals surface area contributed by atoms with Crippen molar-refractivity contribution < 1.29 is 24.2 Å². The Morgan fingerprint density at radius 3 is 2.00 bits per heavy atom. The van der Waals surface area contributed by atoms with Gasteiger partial charge < -0.3 is 19.4 Å². The topological polar surface area (TPSA) is 77.4 Å². The van der Waals surface area contributed by atoms with Gasteiger partial charge in [-0.05, 0) is 12.1 Å². The van der Waals surface area contributed by atoms with E-state index in [1.165, 1.54) is 33.5 Å².